The van der Waals surface area contributed by atoms with Crippen molar-refractivity contribution in [2.75, 3.05) is 5.32 Å². The van der Waals surface area contributed by atoms with Gasteiger partial charge in [0, 0.05) is 5.69 Å². The summed E-state index contributed by atoms with van der Waals surface area (Å²) >= 11 is 0. The lowest BCUT2D eigenvalue weighted by Gasteiger charge is -2.14. The van der Waals surface area contributed by atoms with Crippen molar-refractivity contribution in [3.8, 4) is 11.5 Å². The second-order valence-electron chi connectivity index (χ2n) is 6.62. The number of rotatable bonds is 5. The molecule has 0 radical (unpaired) electrons. The van der Waals surface area contributed by atoms with Gasteiger partial charge in [-0.05, 0) is 48.2 Å². The fourth-order valence-corrected chi connectivity index (χ4v) is 3.35. The second kappa shape index (κ2) is 7.64. The van der Waals surface area contributed by atoms with E-state index >= 15 is 0 Å². The number of nitrogens with one attached hydrogen (secondary N) is 2. The predicted molar refractivity (Wildman–Crippen MR) is 112 cm³/mol. The molecule has 0 unspecified atom stereocenters. The zero-order valence-electron chi connectivity index (χ0n) is 16.0. The molecule has 4 aromatic rings. The van der Waals surface area contributed by atoms with E-state index < -0.39 is 0 Å². The van der Waals surface area contributed by atoms with Gasteiger partial charge in [-0.2, -0.15) is 0 Å². The first-order valence-electron chi connectivity index (χ1n) is 9.54. The number of amides is 1. The molecule has 2 N–H and O–H groups in total. The summed E-state index contributed by atoms with van der Waals surface area (Å²) in [7, 11) is 0. The van der Waals surface area contributed by atoms with Crippen molar-refractivity contribution in [3.05, 3.63) is 77.5 Å². The molecule has 28 heavy (non-hydrogen) atoms. The van der Waals surface area contributed by atoms with E-state index in [1.807, 2.05) is 54.6 Å². The maximum atomic E-state index is 12.9. The van der Waals surface area contributed by atoms with Crippen molar-refractivity contribution in [1.82, 2.24) is 15.0 Å². The third kappa shape index (κ3) is 3.39. The Morgan fingerprint density at radius 3 is 2.32 bits per heavy atom. The van der Waals surface area contributed by atoms with Gasteiger partial charge >= 0.3 is 0 Å². The van der Waals surface area contributed by atoms with Gasteiger partial charge in [-0.1, -0.05) is 50.2 Å². The molecule has 0 atom stereocenters. The topological polar surface area (TPSA) is 70.7 Å². The first-order valence-corrected chi connectivity index (χ1v) is 9.54. The number of benzene rings is 2. The predicted octanol–water partition coefficient (Wildman–Crippen LogP) is 5.00. The number of aromatic nitrogens is 3. The second-order valence-corrected chi connectivity index (χ2v) is 6.62. The molecule has 140 valence electrons. The van der Waals surface area contributed by atoms with Crippen molar-refractivity contribution in [2.24, 2.45) is 0 Å². The average Bonchev–Trinajstić information content (AvgIpc) is 3.18. The monoisotopic (exact) mass is 370 g/mol. The highest BCUT2D eigenvalue weighted by Crippen LogP contribution is 2.24. The molecule has 4 rings (SSSR count). The number of pyridine rings is 1. The van der Waals surface area contributed by atoms with Crippen LogP contribution in [0.3, 0.4) is 0 Å². The number of H-pyrrole nitrogens is 1. The van der Waals surface area contributed by atoms with Crippen LogP contribution in [-0.2, 0) is 12.8 Å². The highest BCUT2D eigenvalue weighted by Gasteiger charge is 2.14. The maximum absolute atomic E-state index is 12.9. The third-order valence-electron chi connectivity index (χ3n) is 4.85. The van der Waals surface area contributed by atoms with Crippen LogP contribution in [0, 0.1) is 0 Å². The number of carbonyl (C=O) groups excluding carboxylic acids is 1. The summed E-state index contributed by atoms with van der Waals surface area (Å²) in [6.07, 6.45) is 1.71. The van der Waals surface area contributed by atoms with Crippen LogP contribution < -0.4 is 5.32 Å². The SMILES string of the molecule is CCc1cccc(CC)c1NC(=O)c1cccc(-c2nc3ccccc3[nH]2)n1. The van der Waals surface area contributed by atoms with E-state index in [1.54, 1.807) is 6.07 Å². The van der Waals surface area contributed by atoms with Crippen LogP contribution in [0.2, 0.25) is 0 Å². The lowest BCUT2D eigenvalue weighted by atomic mass is 10.0. The summed E-state index contributed by atoms with van der Waals surface area (Å²) in [5.74, 6) is 0.438. The Labute approximate surface area is 163 Å². The zero-order valence-corrected chi connectivity index (χ0v) is 16.0. The number of hydrogen-bond acceptors (Lipinski definition) is 3. The normalized spacial score (nSPS) is 10.9. The van der Waals surface area contributed by atoms with Gasteiger partial charge in [-0.25, -0.2) is 9.97 Å². The zero-order chi connectivity index (χ0) is 19.5. The Bertz CT molecular complexity index is 1090. The van der Waals surface area contributed by atoms with Gasteiger partial charge in [-0.3, -0.25) is 4.79 Å². The highest BCUT2D eigenvalue weighted by atomic mass is 16.1. The molecule has 0 aliphatic heterocycles. The molecular formula is C23H22N4O. The number of para-hydroxylation sites is 3. The standard InChI is InChI=1S/C23H22N4O/c1-3-15-9-7-10-16(4-2)21(15)27-23(28)20-14-8-13-19(24-20)22-25-17-11-5-6-12-18(17)26-22/h5-14H,3-4H2,1-2H3,(H,25,26)(H,27,28). The van der Waals surface area contributed by atoms with Crippen molar-refractivity contribution >= 4 is 22.6 Å². The largest absolute Gasteiger partial charge is 0.337 e. The quantitative estimate of drug-likeness (QED) is 0.519. The van der Waals surface area contributed by atoms with Crippen LogP contribution >= 0.6 is 0 Å². The van der Waals surface area contributed by atoms with Gasteiger partial charge in [0.25, 0.3) is 5.91 Å². The molecule has 2 aromatic heterocycles. The molecule has 1 amide bonds. The smallest absolute Gasteiger partial charge is 0.274 e. The van der Waals surface area contributed by atoms with E-state index in [-0.39, 0.29) is 5.91 Å². The fraction of sp³-hybridized carbons (Fsp3) is 0.174. The minimum atomic E-state index is -0.214. The average molecular weight is 370 g/mol. The number of nitrogens with zero attached hydrogens (tertiary/aromatic N) is 2. The van der Waals surface area contributed by atoms with Crippen LogP contribution in [-0.4, -0.2) is 20.9 Å². The molecule has 2 aromatic carbocycles. The van der Waals surface area contributed by atoms with Crippen LogP contribution in [0.1, 0.15) is 35.5 Å². The lowest BCUT2D eigenvalue weighted by Crippen LogP contribution is -2.16. The third-order valence-corrected chi connectivity index (χ3v) is 4.85. The Hall–Kier alpha value is -3.47. The van der Waals surface area contributed by atoms with Crippen LogP contribution in [0.4, 0.5) is 5.69 Å². The van der Waals surface area contributed by atoms with E-state index in [0.29, 0.717) is 17.2 Å². The summed E-state index contributed by atoms with van der Waals surface area (Å²) < 4.78 is 0. The number of fused-ring (bicyclic) bond motifs is 1. The summed E-state index contributed by atoms with van der Waals surface area (Å²) in [5.41, 5.74) is 5.97. The van der Waals surface area contributed by atoms with E-state index in [2.05, 4.69) is 34.1 Å². The lowest BCUT2D eigenvalue weighted by molar-refractivity contribution is 0.102. The molecule has 2 heterocycles. The Kier molecular flexibility index (Phi) is 4.89. The molecule has 0 bridgehead atoms. The van der Waals surface area contributed by atoms with Gasteiger partial charge in [0.15, 0.2) is 5.82 Å². The highest BCUT2D eigenvalue weighted by molar-refractivity contribution is 6.04. The van der Waals surface area contributed by atoms with E-state index in [0.717, 1.165) is 40.7 Å². The van der Waals surface area contributed by atoms with Gasteiger partial charge < -0.3 is 10.3 Å². The summed E-state index contributed by atoms with van der Waals surface area (Å²) in [4.78, 5) is 25.3. The number of carbonyl (C=O) groups is 1. The molecule has 0 saturated carbocycles. The van der Waals surface area contributed by atoms with Crippen LogP contribution in [0.25, 0.3) is 22.6 Å². The molecular weight excluding hydrogens is 348 g/mol. The molecule has 5 nitrogen and oxygen atoms in total. The first kappa shape index (κ1) is 17.9. The van der Waals surface area contributed by atoms with Crippen LogP contribution in [0.15, 0.2) is 60.7 Å². The van der Waals surface area contributed by atoms with Gasteiger partial charge in [0.2, 0.25) is 0 Å². The summed E-state index contributed by atoms with van der Waals surface area (Å²) in [6, 6.07) is 19.4. The van der Waals surface area contributed by atoms with Gasteiger partial charge in [0.05, 0.1) is 11.0 Å². The number of anilines is 1. The minimum Gasteiger partial charge on any atom is -0.337 e. The Morgan fingerprint density at radius 1 is 0.893 bits per heavy atom. The van der Waals surface area contributed by atoms with Crippen molar-refractivity contribution in [3.63, 3.8) is 0 Å². The minimum absolute atomic E-state index is 0.214. The van der Waals surface area contributed by atoms with Crippen molar-refractivity contribution in [2.45, 2.75) is 26.7 Å². The number of aromatic amines is 1. The van der Waals surface area contributed by atoms with Crippen LogP contribution in [0.5, 0.6) is 0 Å². The molecule has 0 fully saturated rings. The fourth-order valence-electron chi connectivity index (χ4n) is 3.35. The Morgan fingerprint density at radius 2 is 1.61 bits per heavy atom. The summed E-state index contributed by atoms with van der Waals surface area (Å²) in [6.45, 7) is 4.18. The van der Waals surface area contributed by atoms with Crippen molar-refractivity contribution in [1.29, 1.82) is 0 Å². The van der Waals surface area contributed by atoms with Gasteiger partial charge in [0.1, 0.15) is 11.4 Å². The number of imidazole rings is 1. The molecule has 0 aliphatic carbocycles. The molecule has 0 aliphatic rings. The van der Waals surface area contributed by atoms with E-state index in [9.17, 15) is 4.79 Å². The number of aryl methyl sites for hydroxylation is 2. The summed E-state index contributed by atoms with van der Waals surface area (Å²) in [5, 5.41) is 3.07. The van der Waals surface area contributed by atoms with Gasteiger partial charge in [-0.15, -0.1) is 0 Å². The molecule has 0 saturated heterocycles. The van der Waals surface area contributed by atoms with Crippen molar-refractivity contribution < 1.29 is 4.79 Å². The van der Waals surface area contributed by atoms with E-state index in [1.165, 1.54) is 0 Å². The van der Waals surface area contributed by atoms with E-state index in [4.69, 9.17) is 0 Å². The maximum Gasteiger partial charge on any atom is 0.274 e. The Balaban J connectivity index is 1.65. The number of hydrogen-bond donors (Lipinski definition) is 2. The molecule has 5 heteroatoms. The first-order chi connectivity index (χ1) is 13.7. The molecule has 0 spiro atoms.